The Bertz CT molecular complexity index is 328. The van der Waals surface area contributed by atoms with Crippen molar-refractivity contribution in [1.82, 2.24) is 5.48 Å². The zero-order chi connectivity index (χ0) is 12.2. The largest absolute Gasteiger partial charge is 0.297 e. The van der Waals surface area contributed by atoms with Gasteiger partial charge in [0, 0.05) is 6.04 Å². The molecule has 2 nitrogen and oxygen atoms in total. The Kier molecular flexibility index (Phi) is 4.51. The van der Waals surface area contributed by atoms with Crippen LogP contribution in [0.5, 0.6) is 0 Å². The second-order valence-corrected chi connectivity index (χ2v) is 5.42. The van der Waals surface area contributed by atoms with Gasteiger partial charge in [-0.1, -0.05) is 45.0 Å². The highest BCUT2D eigenvalue weighted by Crippen LogP contribution is 2.18. The third-order valence-corrected chi connectivity index (χ3v) is 3.05. The lowest BCUT2D eigenvalue weighted by molar-refractivity contribution is -0.0175. The quantitative estimate of drug-likeness (QED) is 0.786. The van der Waals surface area contributed by atoms with Crippen molar-refractivity contribution in [2.24, 2.45) is 5.41 Å². The van der Waals surface area contributed by atoms with E-state index in [-0.39, 0.29) is 5.41 Å². The summed E-state index contributed by atoms with van der Waals surface area (Å²) in [5.74, 6) is 0. The lowest BCUT2D eigenvalue weighted by Crippen LogP contribution is -2.37. The molecular formula is C14H23NO. The summed E-state index contributed by atoms with van der Waals surface area (Å²) in [5.41, 5.74) is 5.82. The van der Waals surface area contributed by atoms with Gasteiger partial charge < -0.3 is 0 Å². The SMILES string of the molecule is Cc1ccccc1CON[C@H](C)C(C)(C)C. The molecule has 1 N–H and O–H groups in total. The van der Waals surface area contributed by atoms with Crippen molar-refractivity contribution in [1.29, 1.82) is 0 Å². The van der Waals surface area contributed by atoms with Gasteiger partial charge in [0.05, 0.1) is 6.61 Å². The molecule has 0 aromatic heterocycles. The van der Waals surface area contributed by atoms with Crippen LogP contribution in [0.1, 0.15) is 38.8 Å². The molecular weight excluding hydrogens is 198 g/mol. The van der Waals surface area contributed by atoms with E-state index in [0.29, 0.717) is 12.6 Å². The van der Waals surface area contributed by atoms with E-state index in [9.17, 15) is 0 Å². The molecule has 0 saturated heterocycles. The zero-order valence-electron chi connectivity index (χ0n) is 11.0. The van der Waals surface area contributed by atoms with E-state index in [0.717, 1.165) is 0 Å². The van der Waals surface area contributed by atoms with Gasteiger partial charge in [-0.3, -0.25) is 4.84 Å². The number of rotatable bonds is 4. The number of hydrogen-bond donors (Lipinski definition) is 1. The number of hydrogen-bond acceptors (Lipinski definition) is 2. The first-order chi connectivity index (χ1) is 7.41. The molecule has 0 fully saturated rings. The average molecular weight is 221 g/mol. The molecule has 90 valence electrons. The van der Waals surface area contributed by atoms with E-state index < -0.39 is 0 Å². The molecule has 0 aliphatic carbocycles. The summed E-state index contributed by atoms with van der Waals surface area (Å²) in [4.78, 5) is 5.54. The van der Waals surface area contributed by atoms with Crippen LogP contribution < -0.4 is 5.48 Å². The lowest BCUT2D eigenvalue weighted by atomic mass is 9.89. The Morgan fingerprint density at radius 1 is 1.25 bits per heavy atom. The number of aryl methyl sites for hydroxylation is 1. The highest BCUT2D eigenvalue weighted by molar-refractivity contribution is 5.24. The van der Waals surface area contributed by atoms with Crippen molar-refractivity contribution in [2.45, 2.75) is 47.3 Å². The van der Waals surface area contributed by atoms with Crippen LogP contribution in [0.3, 0.4) is 0 Å². The molecule has 2 heteroatoms. The van der Waals surface area contributed by atoms with Gasteiger partial charge >= 0.3 is 0 Å². The maximum atomic E-state index is 5.54. The Labute approximate surface area is 99.0 Å². The molecule has 16 heavy (non-hydrogen) atoms. The fourth-order valence-corrected chi connectivity index (χ4v) is 1.19. The summed E-state index contributed by atoms with van der Waals surface area (Å²) >= 11 is 0. The monoisotopic (exact) mass is 221 g/mol. The molecule has 0 unspecified atom stereocenters. The molecule has 1 atom stereocenters. The van der Waals surface area contributed by atoms with Gasteiger partial charge in [-0.05, 0) is 30.4 Å². The first-order valence-corrected chi connectivity index (χ1v) is 5.83. The smallest absolute Gasteiger partial charge is 0.0935 e. The summed E-state index contributed by atoms with van der Waals surface area (Å²) in [6, 6.07) is 8.62. The van der Waals surface area contributed by atoms with Crippen molar-refractivity contribution in [2.75, 3.05) is 0 Å². The fourth-order valence-electron chi connectivity index (χ4n) is 1.19. The summed E-state index contributed by atoms with van der Waals surface area (Å²) in [6.07, 6.45) is 0. The van der Waals surface area contributed by atoms with E-state index >= 15 is 0 Å². The molecule has 1 aromatic carbocycles. The summed E-state index contributed by atoms with van der Waals surface area (Å²) < 4.78 is 0. The molecule has 0 spiro atoms. The van der Waals surface area contributed by atoms with E-state index in [2.05, 4.69) is 52.2 Å². The maximum Gasteiger partial charge on any atom is 0.0935 e. The summed E-state index contributed by atoms with van der Waals surface area (Å²) in [5, 5.41) is 0. The van der Waals surface area contributed by atoms with E-state index in [1.165, 1.54) is 11.1 Å². The topological polar surface area (TPSA) is 21.3 Å². The molecule has 0 amide bonds. The van der Waals surface area contributed by atoms with Gasteiger partial charge in [-0.15, -0.1) is 0 Å². The van der Waals surface area contributed by atoms with Gasteiger partial charge in [0.1, 0.15) is 0 Å². The predicted octanol–water partition coefficient (Wildman–Crippen LogP) is 3.45. The minimum Gasteiger partial charge on any atom is -0.297 e. The van der Waals surface area contributed by atoms with Gasteiger partial charge in [0.2, 0.25) is 0 Å². The van der Waals surface area contributed by atoms with E-state index in [1.54, 1.807) is 0 Å². The third kappa shape index (κ3) is 3.95. The Morgan fingerprint density at radius 3 is 2.44 bits per heavy atom. The summed E-state index contributed by atoms with van der Waals surface area (Å²) in [7, 11) is 0. The van der Waals surface area contributed by atoms with Crippen LogP contribution in [0.4, 0.5) is 0 Å². The number of hydroxylamine groups is 1. The molecule has 0 saturated carbocycles. The molecule has 0 bridgehead atoms. The standard InChI is InChI=1S/C14H23NO/c1-11-8-6-7-9-13(11)10-16-15-12(2)14(3,4)5/h6-9,12,15H,10H2,1-5H3/t12-/m1/s1. The number of benzene rings is 1. The van der Waals surface area contributed by atoms with E-state index in [4.69, 9.17) is 4.84 Å². The van der Waals surface area contributed by atoms with E-state index in [1.807, 2.05) is 12.1 Å². The molecule has 1 rings (SSSR count). The first-order valence-electron chi connectivity index (χ1n) is 5.83. The normalized spacial score (nSPS) is 13.8. The first kappa shape index (κ1) is 13.2. The van der Waals surface area contributed by atoms with Crippen LogP contribution in [0.25, 0.3) is 0 Å². The third-order valence-electron chi connectivity index (χ3n) is 3.05. The second kappa shape index (κ2) is 5.46. The van der Waals surface area contributed by atoms with Crippen LogP contribution >= 0.6 is 0 Å². The lowest BCUT2D eigenvalue weighted by Gasteiger charge is -2.27. The molecule has 1 aromatic rings. The fraction of sp³-hybridized carbons (Fsp3) is 0.571. The van der Waals surface area contributed by atoms with Crippen molar-refractivity contribution >= 4 is 0 Å². The van der Waals surface area contributed by atoms with Crippen molar-refractivity contribution in [3.8, 4) is 0 Å². The average Bonchev–Trinajstić information content (AvgIpc) is 2.19. The predicted molar refractivity (Wildman–Crippen MR) is 68.0 cm³/mol. The van der Waals surface area contributed by atoms with Crippen LogP contribution in [0.15, 0.2) is 24.3 Å². The minimum atomic E-state index is 0.214. The van der Waals surface area contributed by atoms with Crippen LogP contribution in [0.2, 0.25) is 0 Å². The van der Waals surface area contributed by atoms with Gasteiger partial charge in [-0.25, -0.2) is 0 Å². The second-order valence-electron chi connectivity index (χ2n) is 5.42. The highest BCUT2D eigenvalue weighted by Gasteiger charge is 2.19. The van der Waals surface area contributed by atoms with Gasteiger partial charge in [0.15, 0.2) is 0 Å². The molecule has 0 heterocycles. The molecule has 0 aliphatic rings. The molecule has 0 aliphatic heterocycles. The van der Waals surface area contributed by atoms with Crippen LogP contribution in [-0.4, -0.2) is 6.04 Å². The zero-order valence-corrected chi connectivity index (χ0v) is 11.0. The highest BCUT2D eigenvalue weighted by atomic mass is 16.6. The summed E-state index contributed by atoms with van der Waals surface area (Å²) in [6.45, 7) is 11.4. The Hall–Kier alpha value is -0.860. The van der Waals surface area contributed by atoms with Crippen molar-refractivity contribution in [3.63, 3.8) is 0 Å². The van der Waals surface area contributed by atoms with Gasteiger partial charge in [0.25, 0.3) is 0 Å². The van der Waals surface area contributed by atoms with Crippen LogP contribution in [0, 0.1) is 12.3 Å². The minimum absolute atomic E-state index is 0.214. The van der Waals surface area contributed by atoms with Gasteiger partial charge in [-0.2, -0.15) is 5.48 Å². The number of nitrogens with one attached hydrogen (secondary N) is 1. The van der Waals surface area contributed by atoms with Crippen LogP contribution in [-0.2, 0) is 11.4 Å². The van der Waals surface area contributed by atoms with Crippen molar-refractivity contribution in [3.05, 3.63) is 35.4 Å². The Balaban J connectivity index is 2.40. The maximum absolute atomic E-state index is 5.54. The Morgan fingerprint density at radius 2 is 1.88 bits per heavy atom. The van der Waals surface area contributed by atoms with Crippen molar-refractivity contribution < 1.29 is 4.84 Å². The molecule has 0 radical (unpaired) electrons.